The maximum atomic E-state index is 12.9. The normalized spacial score (nSPS) is 12.2. The quantitative estimate of drug-likeness (QED) is 0.0219. The molecule has 0 heterocycles. The van der Waals surface area contributed by atoms with E-state index in [4.69, 9.17) is 23.7 Å². The fourth-order valence-electron chi connectivity index (χ4n) is 5.87. The third-order valence-corrected chi connectivity index (χ3v) is 9.22. The number of carbonyl (C=O) groups is 3. The number of nitrogens with one attached hydrogen (secondary N) is 1. The second-order valence-electron chi connectivity index (χ2n) is 14.2. The molecule has 0 aromatic carbocycles. The molecule has 0 saturated carbocycles. The first-order valence-corrected chi connectivity index (χ1v) is 21.5. The Morgan fingerprint density at radius 3 is 1.54 bits per heavy atom. The molecule has 0 aliphatic rings. The zero-order valence-corrected chi connectivity index (χ0v) is 34.4. The minimum atomic E-state index is -0.528. The Hall–Kier alpha value is -2.13. The molecule has 9 nitrogen and oxygen atoms in total. The number of amides is 1. The summed E-state index contributed by atoms with van der Waals surface area (Å²) >= 11 is 0. The van der Waals surface area contributed by atoms with Crippen LogP contribution in [0, 0.1) is 5.92 Å². The van der Waals surface area contributed by atoms with Crippen molar-refractivity contribution in [2.24, 2.45) is 5.92 Å². The molecule has 0 aromatic heterocycles. The maximum Gasteiger partial charge on any atom is 0.407 e. The monoisotopic (exact) mass is 740 g/mol. The molecule has 306 valence electrons. The predicted octanol–water partition coefficient (Wildman–Crippen LogP) is 11.6. The van der Waals surface area contributed by atoms with Crippen molar-refractivity contribution in [2.45, 2.75) is 201 Å². The first kappa shape index (κ1) is 49.9. The van der Waals surface area contributed by atoms with E-state index in [1.54, 1.807) is 0 Å². The van der Waals surface area contributed by atoms with Crippen molar-refractivity contribution in [1.29, 1.82) is 0 Å². The Morgan fingerprint density at radius 2 is 1.02 bits per heavy atom. The predicted molar refractivity (Wildman–Crippen MR) is 212 cm³/mol. The van der Waals surface area contributed by atoms with Crippen LogP contribution in [0.15, 0.2) is 11.6 Å². The van der Waals surface area contributed by atoms with E-state index in [2.05, 4.69) is 46.0 Å². The number of carbonyl (C=O) groups excluding carboxylic acids is 3. The van der Waals surface area contributed by atoms with Crippen LogP contribution in [0.25, 0.3) is 0 Å². The standard InChI is InChI=1S/C43H81NO8/c1-6-11-14-17-20-23-29-40(45)50-35-39(37-52-43(47)44-32-26-28-38(10-5)27-9-4)36-51-41(46)30-31-42(48-33-24-21-18-15-12-7-2)49-34-25-22-19-16-13-8-3/h27,39,42H,6-26,28-37H2,1-5H3,(H,44,47)/b38-27+. The van der Waals surface area contributed by atoms with Crippen molar-refractivity contribution in [3.63, 3.8) is 0 Å². The van der Waals surface area contributed by atoms with Gasteiger partial charge in [-0.2, -0.15) is 0 Å². The van der Waals surface area contributed by atoms with Crippen LogP contribution in [-0.2, 0) is 33.3 Å². The van der Waals surface area contributed by atoms with Crippen LogP contribution in [0.1, 0.15) is 195 Å². The molecule has 0 aliphatic heterocycles. The number of unbranched alkanes of at least 4 members (excludes halogenated alkanes) is 15. The van der Waals surface area contributed by atoms with Crippen molar-refractivity contribution in [2.75, 3.05) is 39.6 Å². The van der Waals surface area contributed by atoms with Crippen LogP contribution >= 0.6 is 0 Å². The van der Waals surface area contributed by atoms with E-state index < -0.39 is 18.3 Å². The van der Waals surface area contributed by atoms with E-state index in [-0.39, 0.29) is 38.2 Å². The summed E-state index contributed by atoms with van der Waals surface area (Å²) in [7, 11) is 0. The van der Waals surface area contributed by atoms with Gasteiger partial charge in [0.25, 0.3) is 0 Å². The molecular weight excluding hydrogens is 658 g/mol. The van der Waals surface area contributed by atoms with Crippen molar-refractivity contribution < 1.29 is 38.1 Å². The molecule has 52 heavy (non-hydrogen) atoms. The second kappa shape index (κ2) is 38.6. The van der Waals surface area contributed by atoms with Crippen LogP contribution in [-0.4, -0.2) is 63.9 Å². The molecule has 0 bridgehead atoms. The van der Waals surface area contributed by atoms with E-state index in [0.717, 1.165) is 70.6 Å². The first-order valence-electron chi connectivity index (χ1n) is 21.5. The summed E-state index contributed by atoms with van der Waals surface area (Å²) in [6, 6.07) is 0. The summed E-state index contributed by atoms with van der Waals surface area (Å²) in [5.74, 6) is -1.13. The van der Waals surface area contributed by atoms with Gasteiger partial charge in [-0.1, -0.05) is 143 Å². The van der Waals surface area contributed by atoms with Gasteiger partial charge in [-0.05, 0) is 44.9 Å². The minimum absolute atomic E-state index is 0.0139. The van der Waals surface area contributed by atoms with Crippen LogP contribution in [0.4, 0.5) is 4.79 Å². The summed E-state index contributed by atoms with van der Waals surface area (Å²) < 4.78 is 28.8. The maximum absolute atomic E-state index is 12.9. The Bertz CT molecular complexity index is 846. The van der Waals surface area contributed by atoms with Crippen LogP contribution in [0.2, 0.25) is 0 Å². The first-order chi connectivity index (χ1) is 25.4. The lowest BCUT2D eigenvalue weighted by molar-refractivity contribution is -0.161. The second-order valence-corrected chi connectivity index (χ2v) is 14.2. The molecule has 1 N–H and O–H groups in total. The van der Waals surface area contributed by atoms with Crippen molar-refractivity contribution >= 4 is 18.0 Å². The van der Waals surface area contributed by atoms with E-state index in [1.165, 1.54) is 76.2 Å². The molecule has 1 unspecified atom stereocenters. The lowest BCUT2D eigenvalue weighted by atomic mass is 10.1. The number of hydrogen-bond acceptors (Lipinski definition) is 8. The van der Waals surface area contributed by atoms with Crippen molar-refractivity contribution in [1.82, 2.24) is 5.32 Å². The number of rotatable bonds is 38. The fourth-order valence-corrected chi connectivity index (χ4v) is 5.87. The minimum Gasteiger partial charge on any atom is -0.465 e. The summed E-state index contributed by atoms with van der Waals surface area (Å²) in [4.78, 5) is 37.8. The highest BCUT2D eigenvalue weighted by Gasteiger charge is 2.19. The Balaban J connectivity index is 4.93. The zero-order chi connectivity index (χ0) is 38.3. The molecule has 1 amide bonds. The Labute approximate surface area is 319 Å². The molecule has 1 atom stereocenters. The number of hydrogen-bond donors (Lipinski definition) is 1. The van der Waals surface area contributed by atoms with Crippen LogP contribution < -0.4 is 5.32 Å². The van der Waals surface area contributed by atoms with Gasteiger partial charge in [0.15, 0.2) is 6.29 Å². The van der Waals surface area contributed by atoms with Gasteiger partial charge in [-0.3, -0.25) is 9.59 Å². The molecule has 0 aromatic rings. The summed E-state index contributed by atoms with van der Waals surface area (Å²) in [6.45, 7) is 12.6. The topological polar surface area (TPSA) is 109 Å². The fraction of sp³-hybridized carbons (Fsp3) is 0.884. The highest BCUT2D eigenvalue weighted by Crippen LogP contribution is 2.14. The lowest BCUT2D eigenvalue weighted by Gasteiger charge is -2.20. The molecule has 0 radical (unpaired) electrons. The highest BCUT2D eigenvalue weighted by molar-refractivity contribution is 5.70. The van der Waals surface area contributed by atoms with E-state index in [1.807, 2.05) is 0 Å². The third-order valence-electron chi connectivity index (χ3n) is 9.22. The number of esters is 2. The van der Waals surface area contributed by atoms with Crippen molar-refractivity contribution in [3.8, 4) is 0 Å². The summed E-state index contributed by atoms with van der Waals surface area (Å²) in [5.41, 5.74) is 1.39. The molecular formula is C43H81NO8. The van der Waals surface area contributed by atoms with Gasteiger partial charge in [0.1, 0.15) is 19.8 Å². The van der Waals surface area contributed by atoms with Crippen LogP contribution in [0.3, 0.4) is 0 Å². The highest BCUT2D eigenvalue weighted by atomic mass is 16.7. The largest absolute Gasteiger partial charge is 0.465 e. The summed E-state index contributed by atoms with van der Waals surface area (Å²) in [5, 5.41) is 2.81. The average molecular weight is 740 g/mol. The van der Waals surface area contributed by atoms with Gasteiger partial charge in [-0.25, -0.2) is 4.79 Å². The zero-order valence-electron chi connectivity index (χ0n) is 34.4. The van der Waals surface area contributed by atoms with Gasteiger partial charge in [0, 0.05) is 32.6 Å². The van der Waals surface area contributed by atoms with E-state index >= 15 is 0 Å². The van der Waals surface area contributed by atoms with Gasteiger partial charge in [0.2, 0.25) is 0 Å². The van der Waals surface area contributed by atoms with Gasteiger partial charge >= 0.3 is 18.0 Å². The summed E-state index contributed by atoms with van der Waals surface area (Å²) in [6.07, 6.45) is 26.6. The number of alkyl carbamates (subject to hydrolysis) is 1. The number of allylic oxidation sites excluding steroid dienone is 2. The molecule has 0 aliphatic carbocycles. The Kier molecular flexibility index (Phi) is 37.0. The molecule has 0 rings (SSSR count). The van der Waals surface area contributed by atoms with Gasteiger partial charge in [0.05, 0.1) is 12.3 Å². The third kappa shape index (κ3) is 33.7. The smallest absolute Gasteiger partial charge is 0.407 e. The molecule has 0 spiro atoms. The van der Waals surface area contributed by atoms with E-state index in [0.29, 0.717) is 32.6 Å². The van der Waals surface area contributed by atoms with Crippen molar-refractivity contribution in [3.05, 3.63) is 11.6 Å². The molecule has 0 fully saturated rings. The van der Waals surface area contributed by atoms with Crippen LogP contribution in [0.5, 0.6) is 0 Å². The SMILES string of the molecule is CC/C=C(\CC)CCCNC(=O)OCC(COC(=O)CCCCCCCC)COC(=O)CCC(OCCCCCCCC)OCCCCCCCC. The lowest BCUT2D eigenvalue weighted by Crippen LogP contribution is -2.31. The van der Waals surface area contributed by atoms with Gasteiger partial charge < -0.3 is 29.0 Å². The number of ether oxygens (including phenoxy) is 5. The van der Waals surface area contributed by atoms with Gasteiger partial charge in [-0.15, -0.1) is 0 Å². The molecule has 9 heteroatoms. The average Bonchev–Trinajstić information content (AvgIpc) is 3.14. The van der Waals surface area contributed by atoms with E-state index in [9.17, 15) is 14.4 Å². The molecule has 0 saturated heterocycles. The Morgan fingerprint density at radius 1 is 0.538 bits per heavy atom.